The highest BCUT2D eigenvalue weighted by Crippen LogP contribution is 2.20. The van der Waals surface area contributed by atoms with Gasteiger partial charge in [-0.3, -0.25) is 4.99 Å². The zero-order valence-electron chi connectivity index (χ0n) is 7.67. The second-order valence-corrected chi connectivity index (χ2v) is 4.80. The van der Waals surface area contributed by atoms with Crippen molar-refractivity contribution < 1.29 is 0 Å². The Balaban J connectivity index is 2.15. The van der Waals surface area contributed by atoms with Crippen molar-refractivity contribution in [1.82, 2.24) is 0 Å². The van der Waals surface area contributed by atoms with E-state index in [-0.39, 0.29) is 0 Å². The molecule has 1 heterocycles. The van der Waals surface area contributed by atoms with Gasteiger partial charge in [0.25, 0.3) is 0 Å². The zero-order chi connectivity index (χ0) is 10.8. The van der Waals surface area contributed by atoms with Crippen molar-refractivity contribution in [1.29, 1.82) is 0 Å². The predicted molar refractivity (Wildman–Crippen MR) is 68.8 cm³/mol. The smallest absolute Gasteiger partial charge is 0.192 e. The van der Waals surface area contributed by atoms with Crippen molar-refractivity contribution in [2.24, 2.45) is 9.98 Å². The number of benzene rings is 1. The van der Waals surface area contributed by atoms with Gasteiger partial charge < -0.3 is 0 Å². The van der Waals surface area contributed by atoms with E-state index >= 15 is 0 Å². The summed E-state index contributed by atoms with van der Waals surface area (Å²) in [4.78, 5) is 8.36. The fourth-order valence-corrected chi connectivity index (χ4v) is 2.35. The van der Waals surface area contributed by atoms with Crippen LogP contribution in [0, 0.1) is 0 Å². The first-order valence-electron chi connectivity index (χ1n) is 4.35. The van der Waals surface area contributed by atoms with E-state index in [0.29, 0.717) is 21.3 Å². The minimum atomic E-state index is 0.644. The van der Waals surface area contributed by atoms with Crippen molar-refractivity contribution in [2.45, 2.75) is 6.42 Å². The maximum atomic E-state index is 5.90. The third-order valence-electron chi connectivity index (χ3n) is 1.97. The summed E-state index contributed by atoms with van der Waals surface area (Å²) in [6, 6.07) is 5.50. The van der Waals surface area contributed by atoms with Gasteiger partial charge in [0.05, 0.1) is 6.54 Å². The molecule has 15 heavy (non-hydrogen) atoms. The second kappa shape index (κ2) is 4.64. The molecule has 1 aliphatic rings. The van der Waals surface area contributed by atoms with E-state index in [1.54, 1.807) is 6.07 Å². The average molecular weight is 306 g/mol. The number of halogens is 3. The van der Waals surface area contributed by atoms with Crippen molar-refractivity contribution >= 4 is 49.6 Å². The van der Waals surface area contributed by atoms with E-state index in [1.165, 1.54) is 0 Å². The molecule has 0 atom stereocenters. The van der Waals surface area contributed by atoms with Gasteiger partial charge >= 0.3 is 0 Å². The van der Waals surface area contributed by atoms with Crippen LogP contribution < -0.4 is 0 Å². The third-order valence-corrected chi connectivity index (χ3v) is 2.84. The molecule has 2 nitrogen and oxygen atoms in total. The monoisotopic (exact) mass is 304 g/mol. The first kappa shape index (κ1) is 11.1. The lowest BCUT2D eigenvalue weighted by atomic mass is 10.1. The number of nitrogens with zero attached hydrogens (tertiary/aromatic N) is 2. The highest BCUT2D eigenvalue weighted by molar-refractivity contribution is 9.18. The summed E-state index contributed by atoms with van der Waals surface area (Å²) in [5.74, 6) is 0. The largest absolute Gasteiger partial charge is 0.254 e. The summed E-state index contributed by atoms with van der Waals surface area (Å²) in [5, 5.41) is 1.30. The van der Waals surface area contributed by atoms with E-state index in [4.69, 9.17) is 23.2 Å². The van der Waals surface area contributed by atoms with Crippen LogP contribution in [-0.4, -0.2) is 17.0 Å². The van der Waals surface area contributed by atoms with E-state index in [1.807, 2.05) is 12.1 Å². The molecule has 0 aliphatic carbocycles. The van der Waals surface area contributed by atoms with Crippen LogP contribution in [-0.2, 0) is 6.42 Å². The highest BCUT2D eigenvalue weighted by Gasteiger charge is 2.09. The molecule has 5 heteroatoms. The van der Waals surface area contributed by atoms with E-state index in [2.05, 4.69) is 25.9 Å². The summed E-state index contributed by atoms with van der Waals surface area (Å²) in [6.07, 6.45) is 0.735. The summed E-state index contributed by atoms with van der Waals surface area (Å²) in [5.41, 5.74) is 2.07. The van der Waals surface area contributed by atoms with Gasteiger partial charge in [-0.25, -0.2) is 4.99 Å². The molecule has 78 valence electrons. The van der Waals surface area contributed by atoms with Crippen LogP contribution in [0.3, 0.4) is 0 Å². The summed E-state index contributed by atoms with van der Waals surface area (Å²) >= 11 is 15.0. The van der Waals surface area contributed by atoms with Gasteiger partial charge in [-0.05, 0) is 39.7 Å². The van der Waals surface area contributed by atoms with Gasteiger partial charge in [0.2, 0.25) is 0 Å². The molecule has 0 fully saturated rings. The minimum Gasteiger partial charge on any atom is -0.254 e. The Morgan fingerprint density at radius 1 is 1.20 bits per heavy atom. The van der Waals surface area contributed by atoms with Gasteiger partial charge in [-0.15, -0.1) is 0 Å². The summed E-state index contributed by atoms with van der Waals surface area (Å²) in [7, 11) is 0. The molecule has 0 bridgehead atoms. The molecule has 0 saturated carbocycles. The van der Waals surface area contributed by atoms with Crippen molar-refractivity contribution in [2.75, 3.05) is 6.54 Å². The second-order valence-electron chi connectivity index (χ2n) is 3.22. The normalized spacial score (nSPS) is 15.1. The van der Waals surface area contributed by atoms with E-state index < -0.39 is 0 Å². The Labute approximate surface area is 106 Å². The fraction of sp³-hybridized carbons (Fsp3) is 0.200. The zero-order valence-corrected chi connectivity index (χ0v) is 10.8. The van der Waals surface area contributed by atoms with Crippen LogP contribution >= 0.6 is 39.1 Å². The molecule has 0 radical (unpaired) electrons. The van der Waals surface area contributed by atoms with Gasteiger partial charge in [0.1, 0.15) is 0 Å². The van der Waals surface area contributed by atoms with Crippen LogP contribution in [0.4, 0.5) is 0 Å². The third kappa shape index (κ3) is 3.03. The molecule has 0 unspecified atom stereocenters. The highest BCUT2D eigenvalue weighted by atomic mass is 79.9. The quantitative estimate of drug-likeness (QED) is 0.744. The Morgan fingerprint density at radius 3 is 2.40 bits per heavy atom. The molecule has 0 amide bonds. The lowest BCUT2D eigenvalue weighted by Crippen LogP contribution is -2.03. The number of hydrogen-bond acceptors (Lipinski definition) is 2. The average Bonchev–Trinajstić information content (AvgIpc) is 2.49. The molecule has 1 aliphatic heterocycles. The van der Waals surface area contributed by atoms with Crippen LogP contribution in [0.25, 0.3) is 0 Å². The van der Waals surface area contributed by atoms with Gasteiger partial charge in [0.15, 0.2) is 4.74 Å². The fourth-order valence-electron chi connectivity index (χ4n) is 1.40. The Bertz CT molecular complexity index is 434. The van der Waals surface area contributed by atoms with Crippen LogP contribution in [0.1, 0.15) is 5.56 Å². The first-order valence-corrected chi connectivity index (χ1v) is 5.90. The maximum absolute atomic E-state index is 5.90. The topological polar surface area (TPSA) is 24.7 Å². The summed E-state index contributed by atoms with van der Waals surface area (Å²) < 4.78 is 0.658. The van der Waals surface area contributed by atoms with Gasteiger partial charge in [0, 0.05) is 22.2 Å². The number of aliphatic imine (C=N–C) groups is 2. The SMILES string of the molecule is Clc1cc(Cl)cc(CC2=NC(Br)=NC2)c1. The number of rotatable bonds is 2. The lowest BCUT2D eigenvalue weighted by Gasteiger charge is -2.02. The minimum absolute atomic E-state index is 0.644. The van der Waals surface area contributed by atoms with Crippen LogP contribution in [0.2, 0.25) is 10.0 Å². The molecule has 1 aromatic rings. The van der Waals surface area contributed by atoms with Gasteiger partial charge in [-0.2, -0.15) is 0 Å². The molecule has 0 saturated heterocycles. The van der Waals surface area contributed by atoms with Gasteiger partial charge in [-0.1, -0.05) is 23.2 Å². The molecule has 0 N–H and O–H groups in total. The Morgan fingerprint density at radius 2 is 1.87 bits per heavy atom. The van der Waals surface area contributed by atoms with Crippen LogP contribution in [0.15, 0.2) is 28.2 Å². The number of amidine groups is 1. The maximum Gasteiger partial charge on any atom is 0.192 e. The molecule has 2 rings (SSSR count). The standard InChI is InChI=1S/C10H7BrCl2N2/c11-10-14-5-9(15-10)3-6-1-7(12)4-8(13)2-6/h1-2,4H,3,5H2. The molecular weight excluding hydrogens is 299 g/mol. The molecular formula is C10H7BrCl2N2. The molecule has 0 aromatic heterocycles. The van der Waals surface area contributed by atoms with E-state index in [9.17, 15) is 0 Å². The first-order chi connectivity index (χ1) is 7.13. The molecule has 0 spiro atoms. The van der Waals surface area contributed by atoms with Crippen molar-refractivity contribution in [3.05, 3.63) is 33.8 Å². The summed E-state index contributed by atoms with van der Waals surface area (Å²) in [6.45, 7) is 0.644. The van der Waals surface area contributed by atoms with Crippen molar-refractivity contribution in [3.63, 3.8) is 0 Å². The Kier molecular flexibility index (Phi) is 3.44. The lowest BCUT2D eigenvalue weighted by molar-refractivity contribution is 1.24. The van der Waals surface area contributed by atoms with Crippen molar-refractivity contribution in [3.8, 4) is 0 Å². The number of hydrogen-bond donors (Lipinski definition) is 0. The molecule has 1 aromatic carbocycles. The predicted octanol–water partition coefficient (Wildman–Crippen LogP) is 3.74. The Hall–Kier alpha value is -0.380. The van der Waals surface area contributed by atoms with E-state index in [0.717, 1.165) is 17.7 Å². The van der Waals surface area contributed by atoms with Crippen LogP contribution in [0.5, 0.6) is 0 Å².